The second-order valence-corrected chi connectivity index (χ2v) is 9.06. The summed E-state index contributed by atoms with van der Waals surface area (Å²) < 4.78 is 10.9. The fraction of sp³-hybridized carbons (Fsp3) is 0.435. The molecule has 4 heterocycles. The third kappa shape index (κ3) is 3.69. The molecule has 0 aliphatic carbocycles. The molecular weight excluding hydrogens is 412 g/mol. The zero-order valence-electron chi connectivity index (χ0n) is 17.8. The number of carbonyl (C=O) groups is 1. The van der Waals surface area contributed by atoms with Gasteiger partial charge in [-0.2, -0.15) is 0 Å². The molecule has 0 bridgehead atoms. The molecule has 0 unspecified atom stereocenters. The number of hydrogen-bond donors (Lipinski definition) is 0. The molecule has 7 nitrogen and oxygen atoms in total. The Morgan fingerprint density at radius 2 is 1.87 bits per heavy atom. The van der Waals surface area contributed by atoms with Crippen molar-refractivity contribution < 1.29 is 14.3 Å². The van der Waals surface area contributed by atoms with E-state index in [9.17, 15) is 4.79 Å². The Balaban J connectivity index is 1.30. The summed E-state index contributed by atoms with van der Waals surface area (Å²) in [4.78, 5) is 27.9. The van der Waals surface area contributed by atoms with E-state index in [1.165, 1.54) is 10.4 Å². The Morgan fingerprint density at radius 1 is 1.10 bits per heavy atom. The van der Waals surface area contributed by atoms with Gasteiger partial charge in [0, 0.05) is 48.4 Å². The highest BCUT2D eigenvalue weighted by atomic mass is 32.1. The van der Waals surface area contributed by atoms with Gasteiger partial charge in [0.05, 0.1) is 19.7 Å². The van der Waals surface area contributed by atoms with Crippen LogP contribution in [0.15, 0.2) is 29.9 Å². The van der Waals surface area contributed by atoms with Crippen LogP contribution in [-0.2, 0) is 17.8 Å². The molecule has 2 aromatic heterocycles. The van der Waals surface area contributed by atoms with E-state index >= 15 is 0 Å². The molecule has 162 valence electrons. The molecule has 8 heteroatoms. The van der Waals surface area contributed by atoms with Gasteiger partial charge in [-0.1, -0.05) is 0 Å². The largest absolute Gasteiger partial charge is 0.493 e. The lowest BCUT2D eigenvalue weighted by Gasteiger charge is -2.36. The number of hydrogen-bond acceptors (Lipinski definition) is 7. The smallest absolute Gasteiger partial charge is 0.226 e. The molecular formula is C23H26N4O3S. The van der Waals surface area contributed by atoms with Crippen LogP contribution in [0.4, 0.5) is 5.82 Å². The zero-order chi connectivity index (χ0) is 21.4. The van der Waals surface area contributed by atoms with Crippen LogP contribution in [0.3, 0.4) is 0 Å². The predicted molar refractivity (Wildman–Crippen MR) is 121 cm³/mol. The van der Waals surface area contributed by atoms with Gasteiger partial charge < -0.3 is 19.3 Å². The highest BCUT2D eigenvalue weighted by molar-refractivity contribution is 7.10. The summed E-state index contributed by atoms with van der Waals surface area (Å²) in [6.45, 7) is 3.20. The van der Waals surface area contributed by atoms with Gasteiger partial charge in [0.1, 0.15) is 12.1 Å². The fourth-order valence-electron chi connectivity index (χ4n) is 4.65. The Kier molecular flexibility index (Phi) is 5.40. The third-order valence-corrected chi connectivity index (χ3v) is 7.41. The zero-order valence-corrected chi connectivity index (χ0v) is 18.7. The first-order valence-electron chi connectivity index (χ1n) is 10.6. The first-order chi connectivity index (χ1) is 15.2. The maximum absolute atomic E-state index is 13.1. The van der Waals surface area contributed by atoms with E-state index < -0.39 is 0 Å². The third-order valence-electron chi connectivity index (χ3n) is 6.38. The Labute approximate surface area is 185 Å². The first-order valence-corrected chi connectivity index (χ1v) is 11.5. The molecule has 5 rings (SSSR count). The van der Waals surface area contributed by atoms with Gasteiger partial charge >= 0.3 is 0 Å². The lowest BCUT2D eigenvalue weighted by Crippen LogP contribution is -2.44. The number of piperidine rings is 1. The second kappa shape index (κ2) is 8.34. The topological polar surface area (TPSA) is 67.8 Å². The van der Waals surface area contributed by atoms with Crippen molar-refractivity contribution in [3.8, 4) is 11.5 Å². The molecule has 0 N–H and O–H groups in total. The van der Waals surface area contributed by atoms with E-state index in [-0.39, 0.29) is 5.92 Å². The number of aromatic nitrogens is 2. The van der Waals surface area contributed by atoms with E-state index in [4.69, 9.17) is 9.47 Å². The van der Waals surface area contributed by atoms with E-state index in [0.29, 0.717) is 17.4 Å². The molecule has 1 aromatic carbocycles. The Hall–Kier alpha value is -2.87. The van der Waals surface area contributed by atoms with Crippen LogP contribution >= 0.6 is 11.3 Å². The van der Waals surface area contributed by atoms with Crippen LogP contribution < -0.4 is 14.4 Å². The van der Waals surface area contributed by atoms with Gasteiger partial charge in [-0.25, -0.2) is 9.97 Å². The number of ether oxygens (including phenoxy) is 2. The van der Waals surface area contributed by atoms with Crippen LogP contribution in [-0.4, -0.2) is 54.6 Å². The Morgan fingerprint density at radius 3 is 2.65 bits per heavy atom. The maximum Gasteiger partial charge on any atom is 0.226 e. The van der Waals surface area contributed by atoms with Crippen molar-refractivity contribution in [1.82, 2.24) is 14.9 Å². The van der Waals surface area contributed by atoms with Gasteiger partial charge in [0.25, 0.3) is 0 Å². The number of nitrogens with zero attached hydrogens (tertiary/aromatic N) is 4. The van der Waals surface area contributed by atoms with Crippen molar-refractivity contribution in [2.24, 2.45) is 5.92 Å². The SMILES string of the molecule is COc1cc2ncnc(N3CCC(C(=O)N4CCc5sccc5C4)CC3)c2cc1OC. The minimum Gasteiger partial charge on any atom is -0.493 e. The fourth-order valence-corrected chi connectivity index (χ4v) is 5.54. The van der Waals surface area contributed by atoms with E-state index in [1.54, 1.807) is 31.9 Å². The minimum absolute atomic E-state index is 0.0826. The molecule has 1 saturated heterocycles. The van der Waals surface area contributed by atoms with Gasteiger partial charge in [0.15, 0.2) is 11.5 Å². The Bertz CT molecular complexity index is 1110. The van der Waals surface area contributed by atoms with Crippen LogP contribution in [0, 0.1) is 5.92 Å². The van der Waals surface area contributed by atoms with Crippen LogP contribution in [0.1, 0.15) is 23.3 Å². The molecule has 0 spiro atoms. The average molecular weight is 439 g/mol. The van der Waals surface area contributed by atoms with Crippen LogP contribution in [0.2, 0.25) is 0 Å². The van der Waals surface area contributed by atoms with E-state index in [2.05, 4.69) is 26.3 Å². The van der Waals surface area contributed by atoms with Crippen molar-refractivity contribution in [1.29, 1.82) is 0 Å². The summed E-state index contributed by atoms with van der Waals surface area (Å²) >= 11 is 1.80. The van der Waals surface area contributed by atoms with Gasteiger partial charge in [-0.3, -0.25) is 4.79 Å². The molecule has 0 saturated carbocycles. The molecule has 31 heavy (non-hydrogen) atoms. The first kappa shape index (κ1) is 20.1. The summed E-state index contributed by atoms with van der Waals surface area (Å²) in [6.07, 6.45) is 4.25. The van der Waals surface area contributed by atoms with Crippen molar-refractivity contribution in [2.75, 3.05) is 38.8 Å². The van der Waals surface area contributed by atoms with Crippen molar-refractivity contribution in [3.63, 3.8) is 0 Å². The van der Waals surface area contributed by atoms with Gasteiger partial charge in [0.2, 0.25) is 5.91 Å². The van der Waals surface area contributed by atoms with Crippen molar-refractivity contribution >= 4 is 34.0 Å². The molecule has 1 amide bonds. The van der Waals surface area contributed by atoms with Gasteiger partial charge in [-0.05, 0) is 42.3 Å². The monoisotopic (exact) mass is 438 g/mol. The van der Waals surface area contributed by atoms with E-state index in [1.807, 2.05) is 17.0 Å². The molecule has 2 aliphatic heterocycles. The number of fused-ring (bicyclic) bond motifs is 2. The summed E-state index contributed by atoms with van der Waals surface area (Å²) in [7, 11) is 3.25. The minimum atomic E-state index is 0.0826. The molecule has 0 radical (unpaired) electrons. The van der Waals surface area contributed by atoms with Crippen LogP contribution in [0.5, 0.6) is 11.5 Å². The number of amides is 1. The number of anilines is 1. The maximum atomic E-state index is 13.1. The van der Waals surface area contributed by atoms with Crippen molar-refractivity contribution in [2.45, 2.75) is 25.8 Å². The lowest BCUT2D eigenvalue weighted by atomic mass is 9.94. The highest BCUT2D eigenvalue weighted by Crippen LogP contribution is 2.36. The van der Waals surface area contributed by atoms with Gasteiger partial charge in [-0.15, -0.1) is 11.3 Å². The van der Waals surface area contributed by atoms with Crippen LogP contribution in [0.25, 0.3) is 10.9 Å². The number of carbonyl (C=O) groups excluding carboxylic acids is 1. The molecule has 3 aromatic rings. The lowest BCUT2D eigenvalue weighted by molar-refractivity contribution is -0.137. The summed E-state index contributed by atoms with van der Waals surface area (Å²) in [5, 5.41) is 3.07. The summed E-state index contributed by atoms with van der Waals surface area (Å²) in [5.74, 6) is 2.58. The number of thiophene rings is 1. The predicted octanol–water partition coefficient (Wildman–Crippen LogP) is 3.51. The quantitative estimate of drug-likeness (QED) is 0.621. The molecule has 2 aliphatic rings. The number of methoxy groups -OCH3 is 2. The normalized spacial score (nSPS) is 17.0. The summed E-state index contributed by atoms with van der Waals surface area (Å²) in [6, 6.07) is 5.98. The number of benzene rings is 1. The summed E-state index contributed by atoms with van der Waals surface area (Å²) in [5.41, 5.74) is 2.14. The second-order valence-electron chi connectivity index (χ2n) is 8.06. The van der Waals surface area contributed by atoms with Crippen molar-refractivity contribution in [3.05, 3.63) is 40.3 Å². The standard InChI is InChI=1S/C23H26N4O3S/c1-29-19-11-17-18(12-20(19)30-2)24-14-25-22(17)26-7-3-15(4-8-26)23(28)27-9-5-21-16(13-27)6-10-31-21/h6,10-12,14-15H,3-5,7-9,13H2,1-2H3. The molecule has 0 atom stereocenters. The highest BCUT2D eigenvalue weighted by Gasteiger charge is 2.31. The molecule has 1 fully saturated rings. The number of rotatable bonds is 4. The van der Waals surface area contributed by atoms with E-state index in [0.717, 1.165) is 62.2 Å². The average Bonchev–Trinajstić information content (AvgIpc) is 3.30.